The van der Waals surface area contributed by atoms with Crippen LogP contribution in [0, 0.1) is 0 Å². The number of carbonyl (C=O) groups is 2. The molecule has 0 aliphatic rings. The van der Waals surface area contributed by atoms with Crippen LogP contribution in [0.5, 0.6) is 0 Å². The first kappa shape index (κ1) is 25.9. The summed E-state index contributed by atoms with van der Waals surface area (Å²) in [5, 5.41) is 4.38. The zero-order valence-electron chi connectivity index (χ0n) is 19.6. The molecule has 3 N–H and O–H groups in total. The number of amides is 3. The molecule has 3 aromatic rings. The van der Waals surface area contributed by atoms with Gasteiger partial charge in [0.25, 0.3) is 10.0 Å². The highest BCUT2D eigenvalue weighted by molar-refractivity contribution is 7.90. The summed E-state index contributed by atoms with van der Waals surface area (Å²) in [5.74, 6) is -0.0273. The van der Waals surface area contributed by atoms with Gasteiger partial charge >= 0.3 is 6.03 Å². The Morgan fingerprint density at radius 2 is 1.34 bits per heavy atom. The molecular weight excluding hydrogens is 464 g/mol. The summed E-state index contributed by atoms with van der Waals surface area (Å²) in [6.45, 7) is 0.875. The van der Waals surface area contributed by atoms with Crippen molar-refractivity contribution in [3.05, 3.63) is 102 Å². The van der Waals surface area contributed by atoms with Crippen LogP contribution in [0.4, 0.5) is 4.79 Å². The van der Waals surface area contributed by atoms with E-state index in [1.54, 1.807) is 19.2 Å². The zero-order valence-corrected chi connectivity index (χ0v) is 20.4. The Kier molecular flexibility index (Phi) is 9.39. The van der Waals surface area contributed by atoms with Crippen LogP contribution in [0.2, 0.25) is 0 Å². The Morgan fingerprint density at radius 3 is 1.97 bits per heavy atom. The van der Waals surface area contributed by atoms with Gasteiger partial charge in [-0.1, -0.05) is 72.8 Å². The number of urea groups is 1. The van der Waals surface area contributed by atoms with E-state index in [9.17, 15) is 18.0 Å². The van der Waals surface area contributed by atoms with Gasteiger partial charge in [0.2, 0.25) is 5.91 Å². The smallest absolute Gasteiger partial charge is 0.343 e. The number of rotatable bonds is 11. The van der Waals surface area contributed by atoms with Crippen LogP contribution in [0.1, 0.15) is 23.1 Å². The normalized spacial score (nSPS) is 11.1. The molecule has 0 bridgehead atoms. The Hall–Kier alpha value is -3.69. The summed E-state index contributed by atoms with van der Waals surface area (Å²) in [6.07, 6.45) is 1.66. The highest BCUT2D eigenvalue weighted by Crippen LogP contribution is 2.11. The molecule has 0 saturated carbocycles. The highest BCUT2D eigenvalue weighted by atomic mass is 32.2. The van der Waals surface area contributed by atoms with E-state index in [0.717, 1.165) is 16.7 Å². The maximum Gasteiger partial charge on any atom is 0.343 e. The largest absolute Gasteiger partial charge is 0.356 e. The third-order valence-electron chi connectivity index (χ3n) is 5.24. The molecule has 0 aliphatic heterocycles. The quantitative estimate of drug-likeness (QED) is 0.355. The van der Waals surface area contributed by atoms with E-state index in [1.807, 2.05) is 65.4 Å². The first-order valence-corrected chi connectivity index (χ1v) is 12.8. The highest BCUT2D eigenvalue weighted by Gasteiger charge is 2.18. The molecule has 3 amide bonds. The lowest BCUT2D eigenvalue weighted by atomic mass is 10.1. The number of carbonyl (C=O) groups excluding carboxylic acids is 2. The number of hydrogen-bond donors (Lipinski definition) is 3. The first-order chi connectivity index (χ1) is 16.8. The molecule has 0 saturated heterocycles. The van der Waals surface area contributed by atoms with Crippen molar-refractivity contribution in [2.45, 2.75) is 30.7 Å². The molecule has 0 aromatic heterocycles. The second-order valence-electron chi connectivity index (χ2n) is 8.12. The van der Waals surface area contributed by atoms with Gasteiger partial charge in [-0.2, -0.15) is 0 Å². The van der Waals surface area contributed by atoms with Crippen LogP contribution in [0.25, 0.3) is 0 Å². The zero-order chi connectivity index (χ0) is 25.1. The van der Waals surface area contributed by atoms with Gasteiger partial charge in [0.1, 0.15) is 0 Å². The minimum Gasteiger partial charge on any atom is -0.356 e. The van der Waals surface area contributed by atoms with Gasteiger partial charge in [0, 0.05) is 26.6 Å². The van der Waals surface area contributed by atoms with Crippen molar-refractivity contribution in [1.29, 1.82) is 0 Å². The Morgan fingerprint density at radius 1 is 0.771 bits per heavy atom. The van der Waals surface area contributed by atoms with E-state index < -0.39 is 16.1 Å². The fourth-order valence-electron chi connectivity index (χ4n) is 3.45. The molecule has 184 valence electrons. The Bertz CT molecular complexity index is 1200. The van der Waals surface area contributed by atoms with Crippen LogP contribution < -0.4 is 15.5 Å². The van der Waals surface area contributed by atoms with Crippen molar-refractivity contribution in [2.75, 3.05) is 13.6 Å². The lowest BCUT2D eigenvalue weighted by Gasteiger charge is -2.18. The third kappa shape index (κ3) is 8.88. The summed E-state index contributed by atoms with van der Waals surface area (Å²) in [5.41, 5.74) is 5.45. The number of nitrogens with zero attached hydrogens (tertiary/aromatic N) is 1. The fourth-order valence-corrected chi connectivity index (χ4v) is 4.35. The number of sulfonamides is 1. The summed E-state index contributed by atoms with van der Waals surface area (Å²) >= 11 is 0. The maximum absolute atomic E-state index is 12.5. The molecule has 0 radical (unpaired) electrons. The lowest BCUT2D eigenvalue weighted by Crippen LogP contribution is -2.46. The Balaban J connectivity index is 1.42. The molecule has 0 spiro atoms. The van der Waals surface area contributed by atoms with Gasteiger partial charge in [-0.05, 0) is 41.7 Å². The third-order valence-corrected chi connectivity index (χ3v) is 6.58. The summed E-state index contributed by atoms with van der Waals surface area (Å²) in [6, 6.07) is 24.7. The summed E-state index contributed by atoms with van der Waals surface area (Å²) in [4.78, 5) is 24.2. The molecule has 35 heavy (non-hydrogen) atoms. The minimum atomic E-state index is -4.02. The van der Waals surface area contributed by atoms with Crippen molar-refractivity contribution in [1.82, 2.24) is 20.5 Å². The molecule has 0 heterocycles. The van der Waals surface area contributed by atoms with Crippen LogP contribution in [-0.4, -0.2) is 39.0 Å². The number of hydrogen-bond acceptors (Lipinski definition) is 5. The molecule has 3 aromatic carbocycles. The lowest BCUT2D eigenvalue weighted by molar-refractivity contribution is -0.121. The van der Waals surface area contributed by atoms with E-state index in [0.29, 0.717) is 32.4 Å². The molecule has 0 atom stereocenters. The van der Waals surface area contributed by atoms with Gasteiger partial charge < -0.3 is 5.32 Å². The number of benzene rings is 3. The molecule has 3 rings (SSSR count). The predicted molar refractivity (Wildman–Crippen MR) is 135 cm³/mol. The fraction of sp³-hybridized carbons (Fsp3) is 0.231. The molecule has 9 heteroatoms. The van der Waals surface area contributed by atoms with Crippen LogP contribution in [-0.2, 0) is 34.2 Å². The molecule has 8 nitrogen and oxygen atoms in total. The molecule has 0 fully saturated rings. The van der Waals surface area contributed by atoms with Crippen molar-refractivity contribution in [3.63, 3.8) is 0 Å². The number of aryl methyl sites for hydroxylation is 1. The van der Waals surface area contributed by atoms with Crippen LogP contribution in [0.15, 0.2) is 89.8 Å². The van der Waals surface area contributed by atoms with E-state index >= 15 is 0 Å². The van der Waals surface area contributed by atoms with Crippen molar-refractivity contribution in [2.24, 2.45) is 0 Å². The van der Waals surface area contributed by atoms with Gasteiger partial charge in [0.15, 0.2) is 0 Å². The van der Waals surface area contributed by atoms with Crippen molar-refractivity contribution < 1.29 is 18.0 Å². The van der Waals surface area contributed by atoms with Crippen LogP contribution >= 0.6 is 0 Å². The van der Waals surface area contributed by atoms with Gasteiger partial charge in [-0.15, -0.1) is 0 Å². The van der Waals surface area contributed by atoms with E-state index in [4.69, 9.17) is 0 Å². The molecular formula is C26H30N4O4S. The summed E-state index contributed by atoms with van der Waals surface area (Å²) < 4.78 is 27.1. The monoisotopic (exact) mass is 494 g/mol. The number of nitrogens with one attached hydrogen (secondary N) is 3. The Labute approximate surface area is 206 Å². The van der Waals surface area contributed by atoms with Crippen LogP contribution in [0.3, 0.4) is 0 Å². The topological polar surface area (TPSA) is 108 Å². The van der Waals surface area contributed by atoms with E-state index in [1.165, 1.54) is 17.1 Å². The van der Waals surface area contributed by atoms with Crippen molar-refractivity contribution in [3.8, 4) is 0 Å². The molecule has 0 unspecified atom stereocenters. The second kappa shape index (κ2) is 12.7. The average molecular weight is 495 g/mol. The first-order valence-electron chi connectivity index (χ1n) is 11.3. The predicted octanol–water partition coefficient (Wildman–Crippen LogP) is 3.01. The SMILES string of the molecule is CN(Cc1ccccc1)NC(=O)NS(=O)(=O)c1ccc(CCNC(=O)CCc2ccccc2)cc1. The minimum absolute atomic E-state index is 0.0194. The molecule has 0 aliphatic carbocycles. The second-order valence-corrected chi connectivity index (χ2v) is 9.80. The average Bonchev–Trinajstić information content (AvgIpc) is 2.84. The summed E-state index contributed by atoms with van der Waals surface area (Å²) in [7, 11) is -2.37. The van der Waals surface area contributed by atoms with Gasteiger partial charge in [-0.3, -0.25) is 10.2 Å². The van der Waals surface area contributed by atoms with Gasteiger partial charge in [-0.25, -0.2) is 22.9 Å². The van der Waals surface area contributed by atoms with Crippen molar-refractivity contribution >= 4 is 22.0 Å². The van der Waals surface area contributed by atoms with E-state index in [-0.39, 0.29) is 10.8 Å². The number of hydrazine groups is 1. The standard InChI is InChI=1S/C26H30N4O4S/c1-30(20-23-10-6-3-7-11-23)28-26(32)29-35(33,34)24-15-12-22(13-16-24)18-19-27-25(31)17-14-21-8-4-2-5-9-21/h2-13,15-16H,14,17-20H2,1H3,(H,27,31)(H2,28,29,32). The van der Waals surface area contributed by atoms with E-state index in [2.05, 4.69) is 10.7 Å². The van der Waals surface area contributed by atoms with Gasteiger partial charge in [0.05, 0.1) is 4.90 Å². The maximum atomic E-state index is 12.5.